The summed E-state index contributed by atoms with van der Waals surface area (Å²) in [6, 6.07) is 4.80. The maximum Gasteiger partial charge on any atom is 0.277 e. The molecular weight excluding hydrogens is 472 g/mol. The zero-order valence-corrected chi connectivity index (χ0v) is 21.4. The number of epoxide rings is 1. The normalized spacial score (nSPS) is 16.7. The minimum absolute atomic E-state index is 0.0559. The standard InChI is InChI=1S/C21H28N6O4S.C2H4O/c1-5-6-18-22-14(2)19-21(28)23-20(24-27(18)19)15-7-8-16(31-4)17(13-15)32(29,30)26-11-9-25(3)10-12-26;1-2-3-1/h7-8,13H,5-6,9-12H2,1-4H3,(H,23,24,28);1-2H2. The predicted molar refractivity (Wildman–Crippen MR) is 131 cm³/mol. The number of benzene rings is 1. The molecule has 1 aromatic carbocycles. The molecule has 0 spiro atoms. The molecule has 2 fully saturated rings. The van der Waals surface area contributed by atoms with E-state index in [0.29, 0.717) is 55.2 Å². The molecule has 1 N–H and O–H groups in total. The van der Waals surface area contributed by atoms with E-state index in [-0.39, 0.29) is 22.0 Å². The molecule has 0 unspecified atom stereocenters. The van der Waals surface area contributed by atoms with E-state index in [9.17, 15) is 13.2 Å². The van der Waals surface area contributed by atoms with E-state index in [0.717, 1.165) is 19.6 Å². The van der Waals surface area contributed by atoms with Crippen molar-refractivity contribution in [2.75, 3.05) is 53.6 Å². The van der Waals surface area contributed by atoms with E-state index in [1.807, 2.05) is 14.0 Å². The summed E-state index contributed by atoms with van der Waals surface area (Å²) in [6.45, 7) is 7.94. The molecule has 11 nitrogen and oxygen atoms in total. The third kappa shape index (κ3) is 5.40. The van der Waals surface area contributed by atoms with Crippen LogP contribution >= 0.6 is 0 Å². The van der Waals surface area contributed by atoms with E-state index in [1.54, 1.807) is 23.6 Å². The zero-order valence-electron chi connectivity index (χ0n) is 20.6. The van der Waals surface area contributed by atoms with Crippen molar-refractivity contribution in [3.8, 4) is 17.1 Å². The highest BCUT2D eigenvalue weighted by Crippen LogP contribution is 2.31. The van der Waals surface area contributed by atoms with Gasteiger partial charge in [-0.1, -0.05) is 6.92 Å². The molecule has 4 heterocycles. The Morgan fingerprint density at radius 2 is 1.86 bits per heavy atom. The van der Waals surface area contributed by atoms with Gasteiger partial charge in [-0.25, -0.2) is 17.9 Å². The fraction of sp³-hybridized carbons (Fsp3) is 0.522. The van der Waals surface area contributed by atoms with Gasteiger partial charge in [0.1, 0.15) is 16.5 Å². The van der Waals surface area contributed by atoms with Crippen LogP contribution in [0.3, 0.4) is 0 Å². The summed E-state index contributed by atoms with van der Waals surface area (Å²) in [6.07, 6.45) is 1.54. The Bertz CT molecular complexity index is 1350. The van der Waals surface area contributed by atoms with Gasteiger partial charge < -0.3 is 19.4 Å². The number of hydrogen-bond acceptors (Lipinski definition) is 8. The number of aromatic amines is 1. The van der Waals surface area contributed by atoms with Crippen molar-refractivity contribution in [3.05, 3.63) is 40.1 Å². The predicted octanol–water partition coefficient (Wildman–Crippen LogP) is 1.31. The molecule has 5 rings (SSSR count). The van der Waals surface area contributed by atoms with Crippen LogP contribution in [0.15, 0.2) is 27.9 Å². The third-order valence-electron chi connectivity index (χ3n) is 5.94. The van der Waals surface area contributed by atoms with E-state index >= 15 is 0 Å². The molecule has 0 aliphatic carbocycles. The molecule has 0 amide bonds. The van der Waals surface area contributed by atoms with Gasteiger partial charge >= 0.3 is 0 Å². The first-order valence-electron chi connectivity index (χ1n) is 11.7. The smallest absolute Gasteiger partial charge is 0.277 e. The van der Waals surface area contributed by atoms with Crippen LogP contribution in [0, 0.1) is 6.92 Å². The molecule has 0 atom stereocenters. The average Bonchev–Trinajstić information content (AvgIpc) is 3.69. The summed E-state index contributed by atoms with van der Waals surface area (Å²) in [5, 5.41) is 4.59. The lowest BCUT2D eigenvalue weighted by Gasteiger charge is -2.31. The van der Waals surface area contributed by atoms with Gasteiger partial charge in [0.15, 0.2) is 11.3 Å². The second-order valence-electron chi connectivity index (χ2n) is 8.61. The maximum absolute atomic E-state index is 13.4. The molecule has 12 heteroatoms. The summed E-state index contributed by atoms with van der Waals surface area (Å²) in [7, 11) is -0.375. The number of rotatable bonds is 6. The van der Waals surface area contributed by atoms with Gasteiger partial charge in [-0.05, 0) is 38.6 Å². The number of fused-ring (bicyclic) bond motifs is 1. The lowest BCUT2D eigenvalue weighted by atomic mass is 10.2. The maximum atomic E-state index is 13.4. The molecular formula is C23H32N6O5S. The monoisotopic (exact) mass is 504 g/mol. The number of imidazole rings is 1. The number of aromatic nitrogens is 4. The SMILES string of the molecule is C1CO1.CCCc1nc(C)c2c(=O)[nH]c(-c3ccc(OC)c(S(=O)(=O)N4CCN(C)CC4)c3)nn12. The van der Waals surface area contributed by atoms with Crippen molar-refractivity contribution >= 4 is 15.5 Å². The second kappa shape index (κ2) is 10.4. The second-order valence-corrected chi connectivity index (χ2v) is 10.5. The largest absolute Gasteiger partial charge is 0.495 e. The number of likely N-dealkylation sites (N-methyl/N-ethyl adjacent to an activating group) is 1. The Morgan fingerprint density at radius 3 is 2.46 bits per heavy atom. The molecule has 3 aromatic rings. The van der Waals surface area contributed by atoms with E-state index in [4.69, 9.17) is 4.74 Å². The lowest BCUT2D eigenvalue weighted by Crippen LogP contribution is -2.47. The fourth-order valence-electron chi connectivity index (χ4n) is 3.94. The van der Waals surface area contributed by atoms with E-state index in [1.165, 1.54) is 17.5 Å². The van der Waals surface area contributed by atoms with Crippen molar-refractivity contribution in [2.24, 2.45) is 0 Å². The molecule has 2 aliphatic heterocycles. The number of methoxy groups -OCH3 is 1. The van der Waals surface area contributed by atoms with Crippen molar-refractivity contribution in [1.82, 2.24) is 28.8 Å². The topological polar surface area (TPSA) is 125 Å². The summed E-state index contributed by atoms with van der Waals surface area (Å²) in [5.41, 5.74) is 1.17. The van der Waals surface area contributed by atoms with Crippen LogP contribution in [-0.2, 0) is 21.2 Å². The highest BCUT2D eigenvalue weighted by Gasteiger charge is 2.30. The number of piperazine rings is 1. The van der Waals surface area contributed by atoms with Crippen molar-refractivity contribution in [1.29, 1.82) is 0 Å². The van der Waals surface area contributed by atoms with Crippen LogP contribution in [0.25, 0.3) is 16.9 Å². The fourth-order valence-corrected chi connectivity index (χ4v) is 5.55. The minimum atomic E-state index is -3.78. The van der Waals surface area contributed by atoms with Gasteiger partial charge in [-0.15, -0.1) is 5.10 Å². The van der Waals surface area contributed by atoms with Gasteiger partial charge in [0.2, 0.25) is 10.0 Å². The third-order valence-corrected chi connectivity index (χ3v) is 7.86. The number of sulfonamides is 1. The number of nitrogens with zero attached hydrogens (tertiary/aromatic N) is 5. The summed E-state index contributed by atoms with van der Waals surface area (Å²) < 4.78 is 39.7. The highest BCUT2D eigenvalue weighted by atomic mass is 32.2. The number of aryl methyl sites for hydroxylation is 2. The Morgan fingerprint density at radius 1 is 1.17 bits per heavy atom. The first-order chi connectivity index (χ1) is 16.8. The molecule has 0 saturated carbocycles. The highest BCUT2D eigenvalue weighted by molar-refractivity contribution is 7.89. The Labute approximate surface area is 204 Å². The van der Waals surface area contributed by atoms with Crippen molar-refractivity contribution in [2.45, 2.75) is 31.6 Å². The lowest BCUT2D eigenvalue weighted by molar-refractivity contribution is 0.222. The minimum Gasteiger partial charge on any atom is -0.495 e. The Balaban J connectivity index is 0.000000894. The van der Waals surface area contributed by atoms with E-state index < -0.39 is 10.0 Å². The number of H-pyrrole nitrogens is 1. The molecule has 0 bridgehead atoms. The molecule has 2 aliphatic rings. The first kappa shape index (κ1) is 25.3. The van der Waals surface area contributed by atoms with Gasteiger partial charge in [0.05, 0.1) is 26.0 Å². The molecule has 2 aromatic heterocycles. The van der Waals surface area contributed by atoms with Gasteiger partial charge in [-0.3, -0.25) is 4.79 Å². The van der Waals surface area contributed by atoms with Crippen LogP contribution in [0.1, 0.15) is 24.9 Å². The zero-order chi connectivity index (χ0) is 25.2. The van der Waals surface area contributed by atoms with Crippen LogP contribution in [0.5, 0.6) is 5.75 Å². The Hall–Kier alpha value is -2.80. The average molecular weight is 505 g/mol. The van der Waals surface area contributed by atoms with Gasteiger partial charge in [-0.2, -0.15) is 4.31 Å². The summed E-state index contributed by atoms with van der Waals surface area (Å²) >= 11 is 0. The number of nitrogens with one attached hydrogen (secondary N) is 1. The summed E-state index contributed by atoms with van der Waals surface area (Å²) in [4.78, 5) is 22.2. The van der Waals surface area contributed by atoms with Crippen LogP contribution in [-0.4, -0.2) is 90.8 Å². The van der Waals surface area contributed by atoms with Gasteiger partial charge in [0.25, 0.3) is 5.56 Å². The van der Waals surface area contributed by atoms with Crippen molar-refractivity contribution in [3.63, 3.8) is 0 Å². The van der Waals surface area contributed by atoms with Crippen LogP contribution in [0.2, 0.25) is 0 Å². The van der Waals surface area contributed by atoms with Gasteiger partial charge in [0, 0.05) is 38.2 Å². The number of hydrogen-bond donors (Lipinski definition) is 1. The number of ether oxygens (including phenoxy) is 2. The molecule has 190 valence electrons. The van der Waals surface area contributed by atoms with Crippen molar-refractivity contribution < 1.29 is 17.9 Å². The molecule has 35 heavy (non-hydrogen) atoms. The Kier molecular flexibility index (Phi) is 7.55. The quantitative estimate of drug-likeness (QED) is 0.498. The van der Waals surface area contributed by atoms with Crippen LogP contribution in [0.4, 0.5) is 0 Å². The molecule has 0 radical (unpaired) electrons. The first-order valence-corrected chi connectivity index (χ1v) is 13.1. The summed E-state index contributed by atoms with van der Waals surface area (Å²) in [5.74, 6) is 1.22. The molecule has 2 saturated heterocycles. The van der Waals surface area contributed by atoms with E-state index in [2.05, 4.69) is 24.7 Å². The van der Waals surface area contributed by atoms with Crippen LogP contribution < -0.4 is 10.3 Å².